The number of carbonyl (C=O) groups is 1. The van der Waals surface area contributed by atoms with Crippen LogP contribution in [0.15, 0.2) is 18.3 Å². The van der Waals surface area contributed by atoms with Gasteiger partial charge in [-0.1, -0.05) is 13.8 Å². The van der Waals surface area contributed by atoms with Crippen LogP contribution in [0.2, 0.25) is 0 Å². The second kappa shape index (κ2) is 6.33. The summed E-state index contributed by atoms with van der Waals surface area (Å²) in [5.74, 6) is -0.261. The Hall–Kier alpha value is -1.45. The van der Waals surface area contributed by atoms with E-state index in [0.717, 1.165) is 18.9 Å². The van der Waals surface area contributed by atoms with Crippen LogP contribution in [0.1, 0.15) is 44.0 Å². The van der Waals surface area contributed by atoms with Gasteiger partial charge < -0.3 is 5.32 Å². The van der Waals surface area contributed by atoms with Crippen LogP contribution in [-0.4, -0.2) is 16.9 Å². The molecule has 1 rings (SSSR count). The first-order chi connectivity index (χ1) is 7.99. The van der Waals surface area contributed by atoms with Gasteiger partial charge in [0.05, 0.1) is 0 Å². The molecule has 1 atom stereocenters. The zero-order chi connectivity index (χ0) is 12.8. The van der Waals surface area contributed by atoms with Crippen molar-refractivity contribution in [3.63, 3.8) is 0 Å². The number of carbonyl (C=O) groups excluding carboxylic acids is 1. The molecule has 94 valence electrons. The normalized spacial score (nSPS) is 12.5. The fourth-order valence-electron chi connectivity index (χ4n) is 1.51. The molecule has 0 aliphatic rings. The van der Waals surface area contributed by atoms with Gasteiger partial charge in [-0.15, -0.1) is 0 Å². The van der Waals surface area contributed by atoms with Crippen LogP contribution in [0.5, 0.6) is 0 Å². The first kappa shape index (κ1) is 13.6. The number of halogens is 1. The quantitative estimate of drug-likeness (QED) is 0.801. The topological polar surface area (TPSA) is 42.0 Å². The lowest BCUT2D eigenvalue weighted by molar-refractivity contribution is 0.0936. The molecule has 0 fully saturated rings. The number of rotatable bonds is 5. The molecule has 1 aromatic heterocycles. The van der Waals surface area contributed by atoms with Crippen molar-refractivity contribution in [3.8, 4) is 0 Å². The summed E-state index contributed by atoms with van der Waals surface area (Å²) in [4.78, 5) is 15.2. The maximum atomic E-state index is 12.8. The summed E-state index contributed by atoms with van der Waals surface area (Å²) in [6.45, 7) is 6.25. The second-order valence-corrected chi connectivity index (χ2v) is 4.71. The molecule has 0 bridgehead atoms. The van der Waals surface area contributed by atoms with Gasteiger partial charge >= 0.3 is 0 Å². The maximum absolute atomic E-state index is 12.8. The Bertz CT molecular complexity index is 379. The minimum Gasteiger partial charge on any atom is -0.350 e. The zero-order valence-electron chi connectivity index (χ0n) is 10.5. The predicted molar refractivity (Wildman–Crippen MR) is 65.2 cm³/mol. The first-order valence-corrected chi connectivity index (χ1v) is 5.91. The molecule has 0 aromatic carbocycles. The Kier molecular flexibility index (Phi) is 5.07. The van der Waals surface area contributed by atoms with Crippen LogP contribution in [0.25, 0.3) is 0 Å². The molecular weight excluding hydrogens is 219 g/mol. The van der Waals surface area contributed by atoms with Crippen molar-refractivity contribution in [2.24, 2.45) is 5.92 Å². The van der Waals surface area contributed by atoms with Crippen molar-refractivity contribution < 1.29 is 9.18 Å². The van der Waals surface area contributed by atoms with Crippen molar-refractivity contribution >= 4 is 5.91 Å². The van der Waals surface area contributed by atoms with Gasteiger partial charge in [-0.05, 0) is 31.7 Å². The molecule has 17 heavy (non-hydrogen) atoms. The van der Waals surface area contributed by atoms with E-state index in [1.807, 2.05) is 6.92 Å². The molecule has 1 aromatic rings. The third kappa shape index (κ3) is 4.93. The van der Waals surface area contributed by atoms with Gasteiger partial charge in [0.15, 0.2) is 0 Å². The summed E-state index contributed by atoms with van der Waals surface area (Å²) in [6, 6.07) is 2.75. The van der Waals surface area contributed by atoms with Crippen molar-refractivity contribution in [3.05, 3.63) is 29.8 Å². The van der Waals surface area contributed by atoms with E-state index in [2.05, 4.69) is 24.1 Å². The third-order valence-corrected chi connectivity index (χ3v) is 2.54. The fraction of sp³-hybridized carbons (Fsp3) is 0.538. The van der Waals surface area contributed by atoms with Crippen molar-refractivity contribution in [2.75, 3.05) is 0 Å². The monoisotopic (exact) mass is 238 g/mol. The lowest BCUT2D eigenvalue weighted by atomic mass is 10.0. The van der Waals surface area contributed by atoms with E-state index in [1.165, 1.54) is 12.3 Å². The van der Waals surface area contributed by atoms with Crippen molar-refractivity contribution in [1.82, 2.24) is 10.3 Å². The zero-order valence-corrected chi connectivity index (χ0v) is 10.5. The van der Waals surface area contributed by atoms with Crippen LogP contribution in [0.3, 0.4) is 0 Å². The molecule has 1 amide bonds. The summed E-state index contributed by atoms with van der Waals surface area (Å²) < 4.78 is 12.8. The van der Waals surface area contributed by atoms with Gasteiger partial charge in [-0.25, -0.2) is 4.98 Å². The number of hydrogen-bond acceptors (Lipinski definition) is 2. The number of nitrogens with zero attached hydrogens (tertiary/aromatic N) is 1. The van der Waals surface area contributed by atoms with E-state index in [0.29, 0.717) is 11.5 Å². The van der Waals surface area contributed by atoms with Crippen LogP contribution in [-0.2, 0) is 0 Å². The van der Waals surface area contributed by atoms with E-state index in [4.69, 9.17) is 0 Å². The number of pyridine rings is 1. The SMILES string of the molecule is CC(C)CCC(C)NC(=O)c1ccnc(F)c1. The molecule has 1 heterocycles. The highest BCUT2D eigenvalue weighted by Gasteiger charge is 2.10. The fourth-order valence-corrected chi connectivity index (χ4v) is 1.51. The van der Waals surface area contributed by atoms with Crippen LogP contribution < -0.4 is 5.32 Å². The highest BCUT2D eigenvalue weighted by Crippen LogP contribution is 2.07. The molecule has 4 heteroatoms. The maximum Gasteiger partial charge on any atom is 0.251 e. The smallest absolute Gasteiger partial charge is 0.251 e. The number of hydrogen-bond donors (Lipinski definition) is 1. The molecule has 0 radical (unpaired) electrons. The van der Waals surface area contributed by atoms with Gasteiger partial charge in [0.25, 0.3) is 5.91 Å². The Morgan fingerprint density at radius 3 is 2.71 bits per heavy atom. The van der Waals surface area contributed by atoms with Gasteiger partial charge in [-0.2, -0.15) is 4.39 Å². The Labute approximate surface area is 101 Å². The first-order valence-electron chi connectivity index (χ1n) is 5.91. The molecule has 0 aliphatic carbocycles. The van der Waals surface area contributed by atoms with Crippen molar-refractivity contribution in [2.45, 2.75) is 39.7 Å². The molecule has 1 N–H and O–H groups in total. The Balaban J connectivity index is 2.49. The Morgan fingerprint density at radius 2 is 2.12 bits per heavy atom. The minimum atomic E-state index is -0.632. The van der Waals surface area contributed by atoms with Crippen LogP contribution >= 0.6 is 0 Å². The summed E-state index contributed by atoms with van der Waals surface area (Å²) in [7, 11) is 0. The van der Waals surface area contributed by atoms with E-state index >= 15 is 0 Å². The van der Waals surface area contributed by atoms with E-state index in [1.54, 1.807) is 0 Å². The highest BCUT2D eigenvalue weighted by molar-refractivity contribution is 5.94. The van der Waals surface area contributed by atoms with Gasteiger partial charge in [0, 0.05) is 23.9 Å². The van der Waals surface area contributed by atoms with Gasteiger partial charge in [0.2, 0.25) is 5.95 Å². The highest BCUT2D eigenvalue weighted by atomic mass is 19.1. The molecule has 3 nitrogen and oxygen atoms in total. The van der Waals surface area contributed by atoms with E-state index in [9.17, 15) is 9.18 Å². The summed E-state index contributed by atoms with van der Waals surface area (Å²) in [5, 5.41) is 2.85. The minimum absolute atomic E-state index is 0.0983. The molecule has 0 saturated heterocycles. The lowest BCUT2D eigenvalue weighted by Gasteiger charge is -2.15. The van der Waals surface area contributed by atoms with Gasteiger partial charge in [-0.3, -0.25) is 4.79 Å². The second-order valence-electron chi connectivity index (χ2n) is 4.71. The predicted octanol–water partition coefficient (Wildman–Crippen LogP) is 2.78. The molecule has 1 unspecified atom stereocenters. The van der Waals surface area contributed by atoms with Gasteiger partial charge in [0.1, 0.15) is 0 Å². The largest absolute Gasteiger partial charge is 0.350 e. The third-order valence-electron chi connectivity index (χ3n) is 2.54. The number of amides is 1. The molecule has 0 saturated carbocycles. The van der Waals surface area contributed by atoms with E-state index in [-0.39, 0.29) is 11.9 Å². The van der Waals surface area contributed by atoms with Crippen LogP contribution in [0.4, 0.5) is 4.39 Å². The molecule has 0 aliphatic heterocycles. The molecular formula is C13H19FN2O. The summed E-state index contributed by atoms with van der Waals surface area (Å²) >= 11 is 0. The Morgan fingerprint density at radius 1 is 1.41 bits per heavy atom. The molecule has 0 spiro atoms. The number of nitrogens with one attached hydrogen (secondary N) is 1. The summed E-state index contributed by atoms with van der Waals surface area (Å²) in [6.07, 6.45) is 3.28. The van der Waals surface area contributed by atoms with E-state index < -0.39 is 5.95 Å². The average Bonchev–Trinajstić information content (AvgIpc) is 2.26. The van der Waals surface area contributed by atoms with Crippen molar-refractivity contribution in [1.29, 1.82) is 0 Å². The standard InChI is InChI=1S/C13H19FN2O/c1-9(2)4-5-10(3)16-13(17)11-6-7-15-12(14)8-11/h6-10H,4-5H2,1-3H3,(H,16,17). The average molecular weight is 238 g/mol. The van der Waals surface area contributed by atoms with Crippen LogP contribution in [0, 0.1) is 11.9 Å². The lowest BCUT2D eigenvalue weighted by Crippen LogP contribution is -2.32. The summed E-state index contributed by atoms with van der Waals surface area (Å²) in [5.41, 5.74) is 0.314. The number of aromatic nitrogens is 1.